The number of methoxy groups -OCH3 is 1. The highest BCUT2D eigenvalue weighted by molar-refractivity contribution is 5.98. The van der Waals surface area contributed by atoms with Crippen molar-refractivity contribution in [3.63, 3.8) is 0 Å². The van der Waals surface area contributed by atoms with E-state index in [0.717, 1.165) is 24.1 Å². The molecule has 0 N–H and O–H groups in total. The molecular weight excluding hydrogens is 422 g/mol. The summed E-state index contributed by atoms with van der Waals surface area (Å²) >= 11 is 0. The molecule has 1 aliphatic rings. The van der Waals surface area contributed by atoms with E-state index in [-0.39, 0.29) is 23.3 Å². The van der Waals surface area contributed by atoms with Crippen LogP contribution in [0.2, 0.25) is 0 Å². The Labute approximate surface area is 188 Å². The highest BCUT2D eigenvalue weighted by atomic mass is 16.5. The molecule has 4 aromatic rings. The third kappa shape index (κ3) is 3.53. The second-order valence-corrected chi connectivity index (χ2v) is 7.96. The molecule has 0 fully saturated rings. The van der Waals surface area contributed by atoms with Gasteiger partial charge in [0.2, 0.25) is 0 Å². The summed E-state index contributed by atoms with van der Waals surface area (Å²) in [5.41, 5.74) is 2.66. The Morgan fingerprint density at radius 1 is 1.03 bits per heavy atom. The van der Waals surface area contributed by atoms with E-state index in [4.69, 9.17) is 9.47 Å². The van der Waals surface area contributed by atoms with E-state index in [0.29, 0.717) is 34.2 Å². The first-order valence-electron chi connectivity index (χ1n) is 10.6. The molecule has 2 aromatic heterocycles. The molecule has 0 unspecified atom stereocenters. The Kier molecular flexibility index (Phi) is 5.12. The molecule has 3 heterocycles. The number of hydrogen-bond acceptors (Lipinski definition) is 7. The number of hydrogen-bond donors (Lipinski definition) is 0. The van der Waals surface area contributed by atoms with E-state index in [1.165, 1.54) is 7.11 Å². The quantitative estimate of drug-likeness (QED) is 0.446. The van der Waals surface area contributed by atoms with E-state index < -0.39 is 11.9 Å². The molecule has 5 rings (SSSR count). The lowest BCUT2D eigenvalue weighted by Crippen LogP contribution is -2.21. The Morgan fingerprint density at radius 2 is 1.85 bits per heavy atom. The maximum absolute atomic E-state index is 12.8. The van der Waals surface area contributed by atoms with Gasteiger partial charge in [-0.15, -0.1) is 0 Å². The predicted molar refractivity (Wildman–Crippen MR) is 121 cm³/mol. The molecule has 166 valence electrons. The van der Waals surface area contributed by atoms with Crippen molar-refractivity contribution in [2.75, 3.05) is 7.11 Å². The lowest BCUT2D eigenvalue weighted by atomic mass is 10.0. The van der Waals surface area contributed by atoms with Crippen LogP contribution in [0.25, 0.3) is 21.8 Å². The Bertz CT molecular complexity index is 1510. The van der Waals surface area contributed by atoms with Crippen LogP contribution in [0.15, 0.2) is 47.3 Å². The standard InChI is InChI=1S/C25H21N3O5/c1-14-16-6-3-4-7-18(16)26-20(22(14)25(31)32-2)13-33-24(30)15-9-10-17-19(12-15)27-21-8-5-11-28(21)23(17)29/h3-4,6-7,9-10,12H,5,8,11,13H2,1-2H3. The van der Waals surface area contributed by atoms with Gasteiger partial charge in [-0.05, 0) is 43.2 Å². The highest BCUT2D eigenvalue weighted by Crippen LogP contribution is 2.24. The first-order valence-corrected chi connectivity index (χ1v) is 10.6. The smallest absolute Gasteiger partial charge is 0.340 e. The number of pyridine rings is 1. The van der Waals surface area contributed by atoms with Gasteiger partial charge in [0, 0.05) is 18.4 Å². The summed E-state index contributed by atoms with van der Waals surface area (Å²) in [6.45, 7) is 2.28. The fourth-order valence-electron chi connectivity index (χ4n) is 4.35. The maximum Gasteiger partial charge on any atom is 0.340 e. The number of ether oxygens (including phenoxy) is 2. The molecule has 0 amide bonds. The molecule has 0 saturated carbocycles. The number of carbonyl (C=O) groups is 2. The topological polar surface area (TPSA) is 100 Å². The van der Waals surface area contributed by atoms with Crippen molar-refractivity contribution in [3.05, 3.63) is 81.0 Å². The van der Waals surface area contributed by atoms with E-state index in [2.05, 4.69) is 9.97 Å². The summed E-state index contributed by atoms with van der Waals surface area (Å²) in [5.74, 6) is -0.402. The van der Waals surface area contributed by atoms with Crippen molar-refractivity contribution in [1.29, 1.82) is 0 Å². The van der Waals surface area contributed by atoms with E-state index in [9.17, 15) is 14.4 Å². The van der Waals surface area contributed by atoms with Crippen LogP contribution in [-0.2, 0) is 29.0 Å². The number of aryl methyl sites for hydroxylation is 2. The van der Waals surface area contributed by atoms with Gasteiger partial charge in [0.05, 0.1) is 40.4 Å². The molecule has 1 aliphatic heterocycles. The Balaban J connectivity index is 1.46. The molecule has 0 atom stereocenters. The summed E-state index contributed by atoms with van der Waals surface area (Å²) in [7, 11) is 1.30. The number of rotatable bonds is 4. The largest absolute Gasteiger partial charge is 0.465 e. The molecule has 0 aliphatic carbocycles. The van der Waals surface area contributed by atoms with Gasteiger partial charge >= 0.3 is 11.9 Å². The zero-order chi connectivity index (χ0) is 23.1. The van der Waals surface area contributed by atoms with E-state index in [1.54, 1.807) is 22.8 Å². The molecule has 0 radical (unpaired) electrons. The number of esters is 2. The van der Waals surface area contributed by atoms with Gasteiger partial charge in [0.25, 0.3) is 5.56 Å². The van der Waals surface area contributed by atoms with Gasteiger partial charge in [0.15, 0.2) is 0 Å². The number of carbonyl (C=O) groups excluding carboxylic acids is 2. The molecule has 33 heavy (non-hydrogen) atoms. The molecule has 0 bridgehead atoms. The van der Waals surface area contributed by atoms with Gasteiger partial charge in [-0.2, -0.15) is 0 Å². The zero-order valence-electron chi connectivity index (χ0n) is 18.3. The second-order valence-electron chi connectivity index (χ2n) is 7.96. The van der Waals surface area contributed by atoms with Gasteiger partial charge < -0.3 is 9.47 Å². The summed E-state index contributed by atoms with van der Waals surface area (Å²) < 4.78 is 12.1. The SMILES string of the molecule is COC(=O)c1c(COC(=O)c2ccc3c(=O)n4c(nc3c2)CCC4)nc2ccccc2c1C. The van der Waals surface area contributed by atoms with E-state index >= 15 is 0 Å². The maximum atomic E-state index is 12.8. The minimum absolute atomic E-state index is 0.0917. The fourth-order valence-corrected chi connectivity index (χ4v) is 4.35. The molecule has 8 heteroatoms. The monoisotopic (exact) mass is 443 g/mol. The molecule has 0 saturated heterocycles. The number of aromatic nitrogens is 3. The van der Waals surface area contributed by atoms with E-state index in [1.807, 2.05) is 31.2 Å². The van der Waals surface area contributed by atoms with Crippen molar-refractivity contribution < 1.29 is 19.1 Å². The van der Waals surface area contributed by atoms with Crippen LogP contribution in [0.5, 0.6) is 0 Å². The average Bonchev–Trinajstić information content (AvgIpc) is 3.31. The predicted octanol–water partition coefficient (Wildman–Crippen LogP) is 3.34. The fraction of sp³-hybridized carbons (Fsp3) is 0.240. The molecule has 8 nitrogen and oxygen atoms in total. The van der Waals surface area contributed by atoms with Crippen LogP contribution in [0.3, 0.4) is 0 Å². The lowest BCUT2D eigenvalue weighted by Gasteiger charge is -2.13. The number of nitrogens with zero attached hydrogens (tertiary/aromatic N) is 3. The van der Waals surface area contributed by atoms with Crippen LogP contribution in [0, 0.1) is 6.92 Å². The molecular formula is C25H21N3O5. The van der Waals surface area contributed by atoms with Crippen molar-refractivity contribution in [1.82, 2.24) is 14.5 Å². The van der Waals surface area contributed by atoms with Crippen molar-refractivity contribution in [2.24, 2.45) is 0 Å². The summed E-state index contributed by atoms with van der Waals surface area (Å²) in [6, 6.07) is 12.2. The van der Waals surface area contributed by atoms with Gasteiger partial charge in [-0.25, -0.2) is 19.6 Å². The lowest BCUT2D eigenvalue weighted by molar-refractivity contribution is 0.0455. The van der Waals surface area contributed by atoms with Gasteiger partial charge in [-0.1, -0.05) is 18.2 Å². The first kappa shape index (κ1) is 20.8. The number of fused-ring (bicyclic) bond motifs is 3. The van der Waals surface area contributed by atoms with Crippen LogP contribution in [0.4, 0.5) is 0 Å². The summed E-state index contributed by atoms with van der Waals surface area (Å²) in [6.07, 6.45) is 1.62. The van der Waals surface area contributed by atoms with Crippen LogP contribution in [-0.4, -0.2) is 33.6 Å². The van der Waals surface area contributed by atoms with Crippen molar-refractivity contribution in [3.8, 4) is 0 Å². The third-order valence-corrected chi connectivity index (χ3v) is 6.01. The normalized spacial score (nSPS) is 12.7. The zero-order valence-corrected chi connectivity index (χ0v) is 18.3. The van der Waals surface area contributed by atoms with Crippen molar-refractivity contribution >= 4 is 33.7 Å². The number of para-hydroxylation sites is 1. The Hall–Kier alpha value is -4.07. The Morgan fingerprint density at radius 3 is 2.67 bits per heavy atom. The third-order valence-electron chi connectivity index (χ3n) is 6.01. The van der Waals surface area contributed by atoms with Gasteiger partial charge in [0.1, 0.15) is 12.4 Å². The first-order chi connectivity index (χ1) is 16.0. The van der Waals surface area contributed by atoms with Crippen molar-refractivity contribution in [2.45, 2.75) is 32.9 Å². The minimum atomic E-state index is -0.595. The minimum Gasteiger partial charge on any atom is -0.465 e. The number of benzene rings is 2. The van der Waals surface area contributed by atoms with Crippen LogP contribution in [0.1, 0.15) is 44.2 Å². The average molecular weight is 443 g/mol. The second kappa shape index (κ2) is 8.12. The molecule has 0 spiro atoms. The summed E-state index contributed by atoms with van der Waals surface area (Å²) in [5, 5.41) is 1.30. The van der Waals surface area contributed by atoms with Gasteiger partial charge in [-0.3, -0.25) is 9.36 Å². The van der Waals surface area contributed by atoms with Crippen LogP contribution >= 0.6 is 0 Å². The molecule has 2 aromatic carbocycles. The highest BCUT2D eigenvalue weighted by Gasteiger charge is 2.22. The summed E-state index contributed by atoms with van der Waals surface area (Å²) in [4.78, 5) is 47.0. The van der Waals surface area contributed by atoms with Crippen LogP contribution < -0.4 is 5.56 Å².